The lowest BCUT2D eigenvalue weighted by molar-refractivity contribution is -0.117. The number of ether oxygens (including phenoxy) is 1. The first kappa shape index (κ1) is 15.5. The average molecular weight is 264 g/mol. The summed E-state index contributed by atoms with van der Waals surface area (Å²) in [5.41, 5.74) is 1.89. The van der Waals surface area contributed by atoms with Gasteiger partial charge in [0.25, 0.3) is 0 Å². The van der Waals surface area contributed by atoms with Crippen molar-refractivity contribution >= 4 is 11.6 Å². The molecular weight excluding hydrogens is 240 g/mol. The Morgan fingerprint density at radius 1 is 1.32 bits per heavy atom. The first-order valence-corrected chi connectivity index (χ1v) is 6.46. The van der Waals surface area contributed by atoms with E-state index in [1.807, 2.05) is 25.1 Å². The zero-order valence-electron chi connectivity index (χ0n) is 12.6. The Hall–Kier alpha value is -1.55. The first-order chi connectivity index (χ1) is 8.79. The maximum absolute atomic E-state index is 11.9. The average Bonchev–Trinajstić information content (AvgIpc) is 2.36. The predicted octanol–water partition coefficient (Wildman–Crippen LogP) is 2.54. The number of carbonyl (C=O) groups excluding carboxylic acids is 1. The second-order valence-corrected chi connectivity index (χ2v) is 5.66. The molecule has 1 unspecified atom stereocenters. The highest BCUT2D eigenvalue weighted by molar-refractivity contribution is 5.95. The van der Waals surface area contributed by atoms with Crippen molar-refractivity contribution in [2.75, 3.05) is 19.5 Å². The normalized spacial score (nSPS) is 12.9. The highest BCUT2D eigenvalue weighted by atomic mass is 16.5. The molecule has 1 amide bonds. The second kappa shape index (κ2) is 6.06. The van der Waals surface area contributed by atoms with Crippen molar-refractivity contribution in [1.82, 2.24) is 5.32 Å². The van der Waals surface area contributed by atoms with E-state index in [4.69, 9.17) is 4.74 Å². The van der Waals surface area contributed by atoms with Crippen molar-refractivity contribution < 1.29 is 9.53 Å². The quantitative estimate of drug-likeness (QED) is 0.878. The van der Waals surface area contributed by atoms with Crippen LogP contribution in [0, 0.1) is 0 Å². The molecule has 4 heteroatoms. The maximum Gasteiger partial charge on any atom is 0.241 e. The highest BCUT2D eigenvalue weighted by Gasteiger charge is 2.18. The summed E-state index contributed by atoms with van der Waals surface area (Å²) in [5, 5.41) is 5.81. The van der Waals surface area contributed by atoms with E-state index in [2.05, 4.69) is 31.4 Å². The molecule has 0 heterocycles. The van der Waals surface area contributed by atoms with E-state index in [0.29, 0.717) is 11.4 Å². The minimum absolute atomic E-state index is 0.0281. The third-order valence-electron chi connectivity index (χ3n) is 3.15. The molecule has 0 aliphatic heterocycles. The van der Waals surface area contributed by atoms with Crippen molar-refractivity contribution in [3.63, 3.8) is 0 Å². The summed E-state index contributed by atoms with van der Waals surface area (Å²) in [7, 11) is 3.36. The van der Waals surface area contributed by atoms with Gasteiger partial charge in [-0.15, -0.1) is 0 Å². The molecule has 0 aliphatic rings. The summed E-state index contributed by atoms with van der Waals surface area (Å²) in [4.78, 5) is 11.9. The topological polar surface area (TPSA) is 50.4 Å². The van der Waals surface area contributed by atoms with Gasteiger partial charge in [0.2, 0.25) is 5.91 Å². The van der Waals surface area contributed by atoms with E-state index in [1.165, 1.54) is 0 Å². The lowest BCUT2D eigenvalue weighted by atomic mass is 9.87. The number of hydrogen-bond donors (Lipinski definition) is 2. The van der Waals surface area contributed by atoms with Crippen LogP contribution in [0.2, 0.25) is 0 Å². The Bertz CT molecular complexity index is 450. The maximum atomic E-state index is 11.9. The molecule has 0 aliphatic carbocycles. The molecule has 0 fully saturated rings. The van der Waals surface area contributed by atoms with Crippen LogP contribution < -0.4 is 15.4 Å². The lowest BCUT2D eigenvalue weighted by Crippen LogP contribution is -2.35. The van der Waals surface area contributed by atoms with Crippen LogP contribution in [0.5, 0.6) is 5.75 Å². The number of amides is 1. The summed E-state index contributed by atoms with van der Waals surface area (Å²) in [6.07, 6.45) is 0. The van der Waals surface area contributed by atoms with Gasteiger partial charge in [0.15, 0.2) is 0 Å². The number of carbonyl (C=O) groups is 1. The minimum Gasteiger partial charge on any atom is -0.495 e. The number of benzene rings is 1. The predicted molar refractivity (Wildman–Crippen MR) is 78.8 cm³/mol. The lowest BCUT2D eigenvalue weighted by Gasteiger charge is -2.21. The van der Waals surface area contributed by atoms with Gasteiger partial charge in [-0.2, -0.15) is 0 Å². The van der Waals surface area contributed by atoms with Gasteiger partial charge < -0.3 is 15.4 Å². The first-order valence-electron chi connectivity index (χ1n) is 6.46. The van der Waals surface area contributed by atoms with Gasteiger partial charge in [-0.1, -0.05) is 26.8 Å². The van der Waals surface area contributed by atoms with Crippen LogP contribution >= 0.6 is 0 Å². The summed E-state index contributed by atoms with van der Waals surface area (Å²) in [6.45, 7) is 8.22. The number of hydrogen-bond acceptors (Lipinski definition) is 3. The van der Waals surface area contributed by atoms with Crippen molar-refractivity contribution in [2.24, 2.45) is 0 Å². The highest BCUT2D eigenvalue weighted by Crippen LogP contribution is 2.31. The van der Waals surface area contributed by atoms with Crippen LogP contribution in [0.4, 0.5) is 5.69 Å². The standard InChI is InChI=1S/C15H24N2O2/c1-10(16-5)14(18)17-12-9-11(15(2,3)4)7-8-13(12)19-6/h7-10,16H,1-6H3,(H,17,18). The molecule has 0 radical (unpaired) electrons. The Morgan fingerprint density at radius 3 is 2.42 bits per heavy atom. The number of methoxy groups -OCH3 is 1. The van der Waals surface area contributed by atoms with Crippen LogP contribution in [0.1, 0.15) is 33.3 Å². The zero-order chi connectivity index (χ0) is 14.6. The Morgan fingerprint density at radius 2 is 1.95 bits per heavy atom. The molecule has 19 heavy (non-hydrogen) atoms. The van der Waals surface area contributed by atoms with E-state index in [-0.39, 0.29) is 17.4 Å². The molecule has 2 N–H and O–H groups in total. The van der Waals surface area contributed by atoms with Crippen LogP contribution in [0.25, 0.3) is 0 Å². The van der Waals surface area contributed by atoms with Gasteiger partial charge in [0, 0.05) is 0 Å². The van der Waals surface area contributed by atoms with Crippen molar-refractivity contribution in [3.05, 3.63) is 23.8 Å². The number of likely N-dealkylation sites (N-methyl/N-ethyl adjacent to an activating group) is 1. The molecule has 0 aromatic heterocycles. The molecular formula is C15H24N2O2. The largest absolute Gasteiger partial charge is 0.495 e. The smallest absolute Gasteiger partial charge is 0.241 e. The van der Waals surface area contributed by atoms with Gasteiger partial charge in [-0.3, -0.25) is 4.79 Å². The summed E-state index contributed by atoms with van der Waals surface area (Å²) in [6, 6.07) is 5.64. The molecule has 1 atom stereocenters. The van der Waals surface area contributed by atoms with Crippen LogP contribution in [0.15, 0.2) is 18.2 Å². The number of anilines is 1. The molecule has 0 spiro atoms. The Balaban J connectivity index is 3.07. The van der Waals surface area contributed by atoms with Gasteiger partial charge in [0.1, 0.15) is 5.75 Å². The fourth-order valence-corrected chi connectivity index (χ4v) is 1.64. The van der Waals surface area contributed by atoms with E-state index >= 15 is 0 Å². The second-order valence-electron chi connectivity index (χ2n) is 5.66. The van der Waals surface area contributed by atoms with Gasteiger partial charge in [-0.25, -0.2) is 0 Å². The number of nitrogens with one attached hydrogen (secondary N) is 2. The third-order valence-corrected chi connectivity index (χ3v) is 3.15. The molecule has 0 saturated heterocycles. The Kier molecular flexibility index (Phi) is 4.95. The molecule has 1 aromatic rings. The molecule has 4 nitrogen and oxygen atoms in total. The van der Waals surface area contributed by atoms with Crippen molar-refractivity contribution in [1.29, 1.82) is 0 Å². The monoisotopic (exact) mass is 264 g/mol. The fourth-order valence-electron chi connectivity index (χ4n) is 1.64. The van der Waals surface area contributed by atoms with Crippen LogP contribution in [0.3, 0.4) is 0 Å². The van der Waals surface area contributed by atoms with E-state index in [0.717, 1.165) is 5.56 Å². The Labute approximate surface area is 115 Å². The summed E-state index contributed by atoms with van der Waals surface area (Å²) >= 11 is 0. The van der Waals surface area contributed by atoms with Gasteiger partial charge in [-0.05, 0) is 37.1 Å². The zero-order valence-corrected chi connectivity index (χ0v) is 12.6. The molecule has 1 rings (SSSR count). The van der Waals surface area contributed by atoms with E-state index in [9.17, 15) is 4.79 Å². The van der Waals surface area contributed by atoms with E-state index < -0.39 is 0 Å². The van der Waals surface area contributed by atoms with Gasteiger partial charge >= 0.3 is 0 Å². The summed E-state index contributed by atoms with van der Waals surface area (Å²) < 4.78 is 5.29. The minimum atomic E-state index is -0.247. The molecule has 0 saturated carbocycles. The summed E-state index contributed by atoms with van der Waals surface area (Å²) in [5.74, 6) is 0.594. The van der Waals surface area contributed by atoms with E-state index in [1.54, 1.807) is 14.2 Å². The molecule has 0 bridgehead atoms. The van der Waals surface area contributed by atoms with Crippen molar-refractivity contribution in [3.8, 4) is 5.75 Å². The molecule has 106 valence electrons. The third kappa shape index (κ3) is 3.96. The molecule has 1 aromatic carbocycles. The number of rotatable bonds is 4. The van der Waals surface area contributed by atoms with Gasteiger partial charge in [0.05, 0.1) is 18.8 Å². The SMILES string of the molecule is CNC(C)C(=O)Nc1cc(C(C)(C)C)ccc1OC. The van der Waals surface area contributed by atoms with Crippen molar-refractivity contribution in [2.45, 2.75) is 39.2 Å². The fraction of sp³-hybridized carbons (Fsp3) is 0.533. The van der Waals surface area contributed by atoms with Crippen LogP contribution in [-0.4, -0.2) is 26.1 Å². The van der Waals surface area contributed by atoms with Crippen LogP contribution in [-0.2, 0) is 10.2 Å².